The molecule has 112 valence electrons. The number of aromatic nitrogens is 1. The Bertz CT molecular complexity index is 921. The first-order chi connectivity index (χ1) is 10.5. The molecule has 0 saturated carbocycles. The van der Waals surface area contributed by atoms with Crippen LogP contribution in [0.4, 0.5) is 5.82 Å². The first-order valence-electron chi connectivity index (χ1n) is 6.91. The molecule has 0 spiro atoms. The van der Waals surface area contributed by atoms with E-state index in [-0.39, 0.29) is 4.90 Å². The predicted molar refractivity (Wildman–Crippen MR) is 88.6 cm³/mol. The molecule has 1 N–H and O–H groups in total. The number of fused-ring (bicyclic) bond motifs is 1. The standard InChI is InChI=1S/C17H16N2O2S/c1-22(20,21)16-7-4-10-18-17(16)19-12-13-8-9-14-5-2-3-6-15(14)11-13/h2-11H,12H2,1H3,(H,18,19). The normalized spacial score (nSPS) is 11.5. The molecule has 4 nitrogen and oxygen atoms in total. The summed E-state index contributed by atoms with van der Waals surface area (Å²) in [5.41, 5.74) is 1.07. The van der Waals surface area contributed by atoms with E-state index in [9.17, 15) is 8.42 Å². The van der Waals surface area contributed by atoms with Gasteiger partial charge >= 0.3 is 0 Å². The van der Waals surface area contributed by atoms with Crippen LogP contribution in [-0.4, -0.2) is 19.7 Å². The fourth-order valence-corrected chi connectivity index (χ4v) is 3.16. The van der Waals surface area contributed by atoms with Gasteiger partial charge in [0.05, 0.1) is 0 Å². The van der Waals surface area contributed by atoms with E-state index in [1.165, 1.54) is 11.6 Å². The zero-order chi connectivity index (χ0) is 15.6. The summed E-state index contributed by atoms with van der Waals surface area (Å²) in [4.78, 5) is 4.35. The van der Waals surface area contributed by atoms with E-state index >= 15 is 0 Å². The molecule has 0 aliphatic rings. The fourth-order valence-electron chi connectivity index (χ4n) is 2.36. The van der Waals surface area contributed by atoms with Crippen molar-refractivity contribution in [2.45, 2.75) is 11.4 Å². The molecule has 0 fully saturated rings. The van der Waals surface area contributed by atoms with E-state index in [1.807, 2.05) is 18.2 Å². The number of hydrogen-bond donors (Lipinski definition) is 1. The minimum Gasteiger partial charge on any atom is -0.365 e. The van der Waals surface area contributed by atoms with E-state index in [0.29, 0.717) is 12.4 Å². The molecule has 0 saturated heterocycles. The van der Waals surface area contributed by atoms with E-state index in [2.05, 4.69) is 34.6 Å². The van der Waals surface area contributed by atoms with Gasteiger partial charge in [-0.2, -0.15) is 0 Å². The second kappa shape index (κ2) is 5.77. The maximum atomic E-state index is 11.8. The van der Waals surface area contributed by atoms with Gasteiger partial charge < -0.3 is 5.32 Å². The Morgan fingerprint density at radius 1 is 1.00 bits per heavy atom. The summed E-state index contributed by atoms with van der Waals surface area (Å²) in [5.74, 6) is 0.387. The number of hydrogen-bond acceptors (Lipinski definition) is 4. The largest absolute Gasteiger partial charge is 0.365 e. The minimum atomic E-state index is -3.30. The Labute approximate surface area is 129 Å². The SMILES string of the molecule is CS(=O)(=O)c1cccnc1NCc1ccc2ccccc2c1. The lowest BCUT2D eigenvalue weighted by molar-refractivity contribution is 0.601. The first kappa shape index (κ1) is 14.5. The molecule has 0 radical (unpaired) electrons. The van der Waals surface area contributed by atoms with Crippen molar-refractivity contribution in [1.29, 1.82) is 0 Å². The molecule has 0 unspecified atom stereocenters. The van der Waals surface area contributed by atoms with Crippen molar-refractivity contribution in [1.82, 2.24) is 4.98 Å². The first-order valence-corrected chi connectivity index (χ1v) is 8.80. The van der Waals surface area contributed by atoms with Gasteiger partial charge in [-0.05, 0) is 34.5 Å². The van der Waals surface area contributed by atoms with Crippen molar-refractivity contribution in [3.8, 4) is 0 Å². The number of pyridine rings is 1. The van der Waals surface area contributed by atoms with E-state index in [4.69, 9.17) is 0 Å². The van der Waals surface area contributed by atoms with Gasteiger partial charge in [0.2, 0.25) is 0 Å². The third kappa shape index (κ3) is 3.09. The highest BCUT2D eigenvalue weighted by Gasteiger charge is 2.13. The maximum absolute atomic E-state index is 11.8. The highest BCUT2D eigenvalue weighted by molar-refractivity contribution is 7.90. The Balaban J connectivity index is 1.85. The fraction of sp³-hybridized carbons (Fsp3) is 0.118. The van der Waals surface area contributed by atoms with Crippen LogP contribution in [0.2, 0.25) is 0 Å². The van der Waals surface area contributed by atoms with Gasteiger partial charge in [0.1, 0.15) is 10.7 Å². The van der Waals surface area contributed by atoms with Crippen LogP contribution in [-0.2, 0) is 16.4 Å². The van der Waals surface area contributed by atoms with Gasteiger partial charge in [-0.15, -0.1) is 0 Å². The van der Waals surface area contributed by atoms with Crippen LogP contribution in [0, 0.1) is 0 Å². The van der Waals surface area contributed by atoms with Crippen LogP contribution in [0.25, 0.3) is 10.8 Å². The molecule has 3 rings (SSSR count). The maximum Gasteiger partial charge on any atom is 0.179 e. The highest BCUT2D eigenvalue weighted by atomic mass is 32.2. The molecule has 0 amide bonds. The van der Waals surface area contributed by atoms with E-state index < -0.39 is 9.84 Å². The Hall–Kier alpha value is -2.40. The van der Waals surface area contributed by atoms with Crippen molar-refractivity contribution in [3.63, 3.8) is 0 Å². The Kier molecular flexibility index (Phi) is 3.81. The van der Waals surface area contributed by atoms with E-state index in [1.54, 1.807) is 18.3 Å². The van der Waals surface area contributed by atoms with Crippen LogP contribution in [0.5, 0.6) is 0 Å². The third-order valence-electron chi connectivity index (χ3n) is 3.44. The van der Waals surface area contributed by atoms with Gasteiger partial charge in [0.15, 0.2) is 9.84 Å². The number of sulfone groups is 1. The molecule has 2 aromatic carbocycles. The summed E-state index contributed by atoms with van der Waals surface area (Å²) in [6.07, 6.45) is 2.77. The Morgan fingerprint density at radius 3 is 2.55 bits per heavy atom. The van der Waals surface area contributed by atoms with Gasteiger partial charge in [-0.1, -0.05) is 36.4 Å². The Morgan fingerprint density at radius 2 is 1.77 bits per heavy atom. The van der Waals surface area contributed by atoms with Crippen LogP contribution in [0.3, 0.4) is 0 Å². The summed E-state index contributed by atoms with van der Waals surface area (Å²) in [6.45, 7) is 0.518. The molecule has 0 atom stereocenters. The quantitative estimate of drug-likeness (QED) is 0.803. The summed E-state index contributed by atoms with van der Waals surface area (Å²) in [5, 5.41) is 5.45. The molecular weight excluding hydrogens is 296 g/mol. The van der Waals surface area contributed by atoms with Gasteiger partial charge in [-0.25, -0.2) is 13.4 Å². The number of rotatable bonds is 4. The van der Waals surface area contributed by atoms with Crippen molar-refractivity contribution in [2.75, 3.05) is 11.6 Å². The summed E-state index contributed by atoms with van der Waals surface area (Å²) in [7, 11) is -3.30. The number of anilines is 1. The molecule has 0 bridgehead atoms. The van der Waals surface area contributed by atoms with Crippen molar-refractivity contribution >= 4 is 26.4 Å². The lowest BCUT2D eigenvalue weighted by Crippen LogP contribution is -2.07. The molecule has 0 aliphatic heterocycles. The molecule has 0 aliphatic carbocycles. The number of nitrogens with one attached hydrogen (secondary N) is 1. The van der Waals surface area contributed by atoms with Crippen molar-refractivity contribution in [3.05, 3.63) is 66.4 Å². The van der Waals surface area contributed by atoms with Crippen molar-refractivity contribution in [2.24, 2.45) is 0 Å². The summed E-state index contributed by atoms with van der Waals surface area (Å²) in [6, 6.07) is 17.5. The summed E-state index contributed by atoms with van der Waals surface area (Å²) >= 11 is 0. The lowest BCUT2D eigenvalue weighted by atomic mass is 10.1. The van der Waals surface area contributed by atoms with Crippen LogP contribution in [0.1, 0.15) is 5.56 Å². The van der Waals surface area contributed by atoms with Gasteiger partial charge in [-0.3, -0.25) is 0 Å². The van der Waals surface area contributed by atoms with Crippen molar-refractivity contribution < 1.29 is 8.42 Å². The van der Waals surface area contributed by atoms with Gasteiger partial charge in [0.25, 0.3) is 0 Å². The average molecular weight is 312 g/mol. The predicted octanol–water partition coefficient (Wildman–Crippen LogP) is 3.25. The highest BCUT2D eigenvalue weighted by Crippen LogP contribution is 2.20. The zero-order valence-corrected chi connectivity index (χ0v) is 13.0. The summed E-state index contributed by atoms with van der Waals surface area (Å²) < 4.78 is 23.5. The third-order valence-corrected chi connectivity index (χ3v) is 4.57. The molecule has 5 heteroatoms. The second-order valence-corrected chi connectivity index (χ2v) is 7.14. The van der Waals surface area contributed by atoms with Crippen LogP contribution in [0.15, 0.2) is 65.7 Å². The van der Waals surface area contributed by atoms with Crippen LogP contribution >= 0.6 is 0 Å². The minimum absolute atomic E-state index is 0.218. The number of nitrogens with zero attached hydrogens (tertiary/aromatic N) is 1. The smallest absolute Gasteiger partial charge is 0.179 e. The zero-order valence-electron chi connectivity index (χ0n) is 12.2. The lowest BCUT2D eigenvalue weighted by Gasteiger charge is -2.10. The molecular formula is C17H16N2O2S. The number of benzene rings is 2. The van der Waals surface area contributed by atoms with E-state index in [0.717, 1.165) is 10.9 Å². The molecule has 1 heterocycles. The topological polar surface area (TPSA) is 59.1 Å². The second-order valence-electron chi connectivity index (χ2n) is 5.16. The van der Waals surface area contributed by atoms with Gasteiger partial charge in [0, 0.05) is 19.0 Å². The molecule has 1 aromatic heterocycles. The molecule has 3 aromatic rings. The average Bonchev–Trinajstić information content (AvgIpc) is 2.52. The van der Waals surface area contributed by atoms with Crippen LogP contribution < -0.4 is 5.32 Å². The molecule has 22 heavy (non-hydrogen) atoms. The monoisotopic (exact) mass is 312 g/mol.